The summed E-state index contributed by atoms with van der Waals surface area (Å²) in [5, 5.41) is 11.2. The molecule has 2 atom stereocenters. The number of carbonyl (C=O) groups excluding carboxylic acids is 1. The molecule has 2 unspecified atom stereocenters. The van der Waals surface area contributed by atoms with Crippen molar-refractivity contribution in [1.29, 1.82) is 0 Å². The summed E-state index contributed by atoms with van der Waals surface area (Å²) in [7, 11) is 0. The van der Waals surface area contributed by atoms with Crippen molar-refractivity contribution in [3.05, 3.63) is 35.4 Å². The Morgan fingerprint density at radius 3 is 2.82 bits per heavy atom. The van der Waals surface area contributed by atoms with Crippen molar-refractivity contribution >= 4 is 6.03 Å². The van der Waals surface area contributed by atoms with Gasteiger partial charge in [0.15, 0.2) is 6.04 Å². The molecule has 0 radical (unpaired) electrons. The number of hydrogen-bond acceptors (Lipinski definition) is 2. The number of nitrogens with zero attached hydrogens (tertiary/aromatic N) is 1. The molecule has 0 spiro atoms. The van der Waals surface area contributed by atoms with Gasteiger partial charge >= 0.3 is 12.2 Å². The minimum atomic E-state index is -4.59. The van der Waals surface area contributed by atoms with E-state index in [2.05, 4.69) is 5.32 Å². The maximum absolute atomic E-state index is 13.3. The van der Waals surface area contributed by atoms with Crippen molar-refractivity contribution in [1.82, 2.24) is 10.2 Å². The molecule has 22 heavy (non-hydrogen) atoms. The lowest BCUT2D eigenvalue weighted by Crippen LogP contribution is -2.48. The van der Waals surface area contributed by atoms with Crippen molar-refractivity contribution in [2.75, 3.05) is 13.2 Å². The molecule has 1 aromatic carbocycles. The van der Waals surface area contributed by atoms with Crippen molar-refractivity contribution in [2.24, 2.45) is 0 Å². The monoisotopic (exact) mass is 316 g/mol. The Bertz CT molecular complexity index is 534. The van der Waals surface area contributed by atoms with Crippen LogP contribution in [0.4, 0.5) is 18.0 Å². The molecule has 122 valence electrons. The summed E-state index contributed by atoms with van der Waals surface area (Å²) in [4.78, 5) is 13.4. The van der Waals surface area contributed by atoms with E-state index in [4.69, 9.17) is 0 Å². The zero-order valence-corrected chi connectivity index (χ0v) is 12.2. The molecule has 4 nitrogen and oxygen atoms in total. The molecule has 1 heterocycles. The summed E-state index contributed by atoms with van der Waals surface area (Å²) in [5.41, 5.74) is 0.691. The molecule has 1 fully saturated rings. The number of urea groups is 1. The molecule has 2 rings (SSSR count). The standard InChI is InChI=1S/C15H19F3N2O2/c1-10-4-2-5-11(8-10)13(15(16,17)18)19-14(22)20-7-3-6-12(20)9-21/h2,4-5,8,12-13,21H,3,6-7,9H2,1H3,(H,19,22). The average Bonchev–Trinajstić information content (AvgIpc) is 2.91. The third-order valence-corrected chi connectivity index (χ3v) is 3.82. The van der Waals surface area contributed by atoms with Crippen molar-refractivity contribution in [2.45, 2.75) is 38.0 Å². The lowest BCUT2D eigenvalue weighted by Gasteiger charge is -2.28. The second-order valence-corrected chi connectivity index (χ2v) is 5.51. The number of benzene rings is 1. The highest BCUT2D eigenvalue weighted by Crippen LogP contribution is 2.33. The normalized spacial score (nSPS) is 20.0. The number of aliphatic hydroxyl groups is 1. The Hall–Kier alpha value is -1.76. The second kappa shape index (κ2) is 6.56. The van der Waals surface area contributed by atoms with Crippen molar-refractivity contribution in [3.63, 3.8) is 0 Å². The van der Waals surface area contributed by atoms with Gasteiger partial charge in [-0.15, -0.1) is 0 Å². The van der Waals surface area contributed by atoms with Gasteiger partial charge in [-0.05, 0) is 25.3 Å². The number of nitrogens with one attached hydrogen (secondary N) is 1. The molecular formula is C15H19F3N2O2. The van der Waals surface area contributed by atoms with Crippen LogP contribution < -0.4 is 5.32 Å². The Balaban J connectivity index is 2.19. The molecule has 0 saturated carbocycles. The van der Waals surface area contributed by atoms with E-state index in [1.165, 1.54) is 23.1 Å². The van der Waals surface area contributed by atoms with E-state index in [1.54, 1.807) is 13.0 Å². The van der Waals surface area contributed by atoms with E-state index in [-0.39, 0.29) is 12.2 Å². The van der Waals surface area contributed by atoms with Gasteiger partial charge in [-0.2, -0.15) is 13.2 Å². The van der Waals surface area contributed by atoms with Crippen molar-refractivity contribution < 1.29 is 23.1 Å². The number of rotatable bonds is 3. The fraction of sp³-hybridized carbons (Fsp3) is 0.533. The number of amides is 2. The summed E-state index contributed by atoms with van der Waals surface area (Å²) in [5.74, 6) is 0. The molecule has 0 bridgehead atoms. The lowest BCUT2D eigenvalue weighted by molar-refractivity contribution is -0.155. The van der Waals surface area contributed by atoms with Gasteiger partial charge in [0.2, 0.25) is 0 Å². The van der Waals surface area contributed by atoms with Gasteiger partial charge < -0.3 is 15.3 Å². The predicted octanol–water partition coefficient (Wildman–Crippen LogP) is 2.76. The number of carbonyl (C=O) groups is 1. The van der Waals surface area contributed by atoms with Gasteiger partial charge in [-0.3, -0.25) is 0 Å². The molecule has 7 heteroatoms. The molecule has 2 amide bonds. The summed E-state index contributed by atoms with van der Waals surface area (Å²) >= 11 is 0. The highest BCUT2D eigenvalue weighted by Gasteiger charge is 2.43. The van der Waals surface area contributed by atoms with Gasteiger partial charge in [0.1, 0.15) is 0 Å². The summed E-state index contributed by atoms with van der Waals surface area (Å²) in [6.07, 6.45) is -3.30. The average molecular weight is 316 g/mol. The molecule has 1 aromatic rings. The van der Waals surface area contributed by atoms with E-state index in [1.807, 2.05) is 0 Å². The van der Waals surface area contributed by atoms with Gasteiger partial charge in [-0.25, -0.2) is 4.79 Å². The third-order valence-electron chi connectivity index (χ3n) is 3.82. The SMILES string of the molecule is Cc1cccc(C(NC(=O)N2CCCC2CO)C(F)(F)F)c1. The Labute approximate surface area is 126 Å². The Morgan fingerprint density at radius 1 is 1.50 bits per heavy atom. The van der Waals surface area contributed by atoms with Crippen LogP contribution in [0, 0.1) is 6.92 Å². The molecule has 2 N–H and O–H groups in total. The van der Waals surface area contributed by atoms with Crippen LogP contribution in [-0.4, -0.2) is 41.4 Å². The van der Waals surface area contributed by atoms with Gasteiger partial charge in [-0.1, -0.05) is 29.8 Å². The lowest BCUT2D eigenvalue weighted by atomic mass is 10.0. The molecule has 1 saturated heterocycles. The minimum absolute atomic E-state index is 0.000551. The van der Waals surface area contributed by atoms with Crippen LogP contribution in [0.3, 0.4) is 0 Å². The fourth-order valence-corrected chi connectivity index (χ4v) is 2.70. The number of alkyl halides is 3. The van der Waals surface area contributed by atoms with E-state index < -0.39 is 24.3 Å². The maximum atomic E-state index is 13.3. The molecule has 1 aliphatic rings. The van der Waals surface area contributed by atoms with E-state index in [9.17, 15) is 23.1 Å². The quantitative estimate of drug-likeness (QED) is 0.901. The van der Waals surface area contributed by atoms with Crippen LogP contribution in [0.1, 0.15) is 30.0 Å². The second-order valence-electron chi connectivity index (χ2n) is 5.51. The number of likely N-dealkylation sites (tertiary alicyclic amines) is 1. The van der Waals surface area contributed by atoms with Crippen LogP contribution in [0.2, 0.25) is 0 Å². The Morgan fingerprint density at radius 2 is 2.23 bits per heavy atom. The van der Waals surface area contributed by atoms with Gasteiger partial charge in [0.25, 0.3) is 0 Å². The van der Waals surface area contributed by atoms with E-state index >= 15 is 0 Å². The molecule has 0 aromatic heterocycles. The van der Waals surface area contributed by atoms with Crippen LogP contribution in [0.15, 0.2) is 24.3 Å². The highest BCUT2D eigenvalue weighted by molar-refractivity contribution is 5.75. The number of hydrogen-bond donors (Lipinski definition) is 2. The first-order valence-electron chi connectivity index (χ1n) is 7.14. The Kier molecular flexibility index (Phi) is 4.95. The van der Waals surface area contributed by atoms with Crippen LogP contribution in [-0.2, 0) is 0 Å². The van der Waals surface area contributed by atoms with E-state index in [0.717, 1.165) is 0 Å². The topological polar surface area (TPSA) is 52.6 Å². The fourth-order valence-electron chi connectivity index (χ4n) is 2.70. The first-order chi connectivity index (χ1) is 10.3. The molecular weight excluding hydrogens is 297 g/mol. The zero-order valence-electron chi connectivity index (χ0n) is 12.2. The largest absolute Gasteiger partial charge is 0.412 e. The van der Waals surface area contributed by atoms with Crippen molar-refractivity contribution in [3.8, 4) is 0 Å². The van der Waals surface area contributed by atoms with Gasteiger partial charge in [0, 0.05) is 6.54 Å². The van der Waals surface area contributed by atoms with Crippen LogP contribution in [0.5, 0.6) is 0 Å². The van der Waals surface area contributed by atoms with Gasteiger partial charge in [0.05, 0.1) is 12.6 Å². The smallest absolute Gasteiger partial charge is 0.394 e. The summed E-state index contributed by atoms with van der Waals surface area (Å²) in [6, 6.07) is 2.72. The molecule has 0 aliphatic carbocycles. The van der Waals surface area contributed by atoms with Crippen LogP contribution in [0.25, 0.3) is 0 Å². The summed E-state index contributed by atoms with van der Waals surface area (Å²) < 4.78 is 39.8. The number of aliphatic hydroxyl groups excluding tert-OH is 1. The number of aryl methyl sites for hydroxylation is 1. The number of halogens is 3. The third kappa shape index (κ3) is 3.71. The van der Waals surface area contributed by atoms with E-state index in [0.29, 0.717) is 24.9 Å². The van der Waals surface area contributed by atoms with Crippen LogP contribution >= 0.6 is 0 Å². The maximum Gasteiger partial charge on any atom is 0.412 e. The zero-order chi connectivity index (χ0) is 16.3. The minimum Gasteiger partial charge on any atom is -0.394 e. The highest BCUT2D eigenvalue weighted by atomic mass is 19.4. The first kappa shape index (κ1) is 16.6. The molecule has 1 aliphatic heterocycles. The predicted molar refractivity (Wildman–Crippen MR) is 75.3 cm³/mol. The first-order valence-corrected chi connectivity index (χ1v) is 7.14. The summed E-state index contributed by atoms with van der Waals surface area (Å²) in [6.45, 7) is 1.81.